The minimum Gasteiger partial charge on any atom is -0.323 e. The van der Waals surface area contributed by atoms with Crippen molar-refractivity contribution in [2.24, 2.45) is 0 Å². The Hall–Kier alpha value is -2.72. The highest BCUT2D eigenvalue weighted by Gasteiger charge is 2.09. The summed E-state index contributed by atoms with van der Waals surface area (Å²) in [7, 11) is 0. The van der Waals surface area contributed by atoms with E-state index in [0.29, 0.717) is 0 Å². The molecule has 2 heterocycles. The van der Waals surface area contributed by atoms with Crippen LogP contribution in [0.5, 0.6) is 0 Å². The number of nitrogens with zero attached hydrogens (tertiary/aromatic N) is 2. The van der Waals surface area contributed by atoms with Crippen molar-refractivity contribution < 1.29 is 0 Å². The molecule has 0 aliphatic heterocycles. The summed E-state index contributed by atoms with van der Waals surface area (Å²) in [5.74, 6) is 0.756. The van der Waals surface area contributed by atoms with Crippen LogP contribution in [0.3, 0.4) is 0 Å². The molecule has 0 aliphatic carbocycles. The zero-order valence-electron chi connectivity index (χ0n) is 13.6. The van der Waals surface area contributed by atoms with Crippen molar-refractivity contribution in [3.63, 3.8) is 0 Å². The Kier molecular flexibility index (Phi) is 3.54. The lowest BCUT2D eigenvalue weighted by atomic mass is 10.0. The predicted molar refractivity (Wildman–Crippen MR) is 101 cm³/mol. The van der Waals surface area contributed by atoms with Gasteiger partial charge in [0.1, 0.15) is 4.64 Å². The molecule has 0 unspecified atom stereocenters. The van der Waals surface area contributed by atoms with E-state index in [1.54, 1.807) is 0 Å². The van der Waals surface area contributed by atoms with E-state index in [9.17, 15) is 0 Å². The molecule has 0 radical (unpaired) electrons. The smallest absolute Gasteiger partial charge is 0.212 e. The molecule has 0 aliphatic rings. The van der Waals surface area contributed by atoms with Gasteiger partial charge < -0.3 is 4.98 Å². The predicted octanol–water partition coefficient (Wildman–Crippen LogP) is 5.34. The Morgan fingerprint density at radius 3 is 2.38 bits per heavy atom. The second-order valence-corrected chi connectivity index (χ2v) is 6.47. The van der Waals surface area contributed by atoms with Crippen LogP contribution < -0.4 is 0 Å². The lowest BCUT2D eigenvalue weighted by molar-refractivity contribution is 1.09. The van der Waals surface area contributed by atoms with Gasteiger partial charge in [0.2, 0.25) is 5.78 Å². The summed E-state index contributed by atoms with van der Waals surface area (Å²) < 4.78 is 2.72. The lowest BCUT2D eigenvalue weighted by Gasteiger charge is -2.06. The number of hydrogen-bond acceptors (Lipinski definition) is 2. The topological polar surface area (TPSA) is 33.1 Å². The molecule has 0 atom stereocenters. The van der Waals surface area contributed by atoms with Crippen molar-refractivity contribution in [2.45, 2.75) is 13.8 Å². The van der Waals surface area contributed by atoms with Gasteiger partial charge >= 0.3 is 0 Å². The second-order valence-electron chi connectivity index (χ2n) is 6.08. The maximum Gasteiger partial charge on any atom is 0.212 e. The van der Waals surface area contributed by atoms with Crippen LogP contribution >= 0.6 is 12.2 Å². The molecule has 24 heavy (non-hydrogen) atoms. The molecule has 0 bridgehead atoms. The van der Waals surface area contributed by atoms with Crippen LogP contribution in [-0.2, 0) is 0 Å². The third-order valence-electron chi connectivity index (χ3n) is 4.12. The molecular weight excluding hydrogens is 314 g/mol. The largest absolute Gasteiger partial charge is 0.323 e. The molecule has 0 saturated heterocycles. The fourth-order valence-corrected chi connectivity index (χ4v) is 3.37. The van der Waals surface area contributed by atoms with E-state index in [0.717, 1.165) is 32.8 Å². The molecule has 2 aromatic heterocycles. The van der Waals surface area contributed by atoms with Crippen LogP contribution in [0.25, 0.3) is 28.2 Å². The molecule has 1 N–H and O–H groups in total. The summed E-state index contributed by atoms with van der Waals surface area (Å²) >= 11 is 5.73. The van der Waals surface area contributed by atoms with Gasteiger partial charge in [-0.2, -0.15) is 0 Å². The molecule has 0 spiro atoms. The number of rotatable bonds is 2. The third-order valence-corrected chi connectivity index (χ3v) is 4.53. The van der Waals surface area contributed by atoms with Gasteiger partial charge in [-0.3, -0.25) is 4.40 Å². The zero-order chi connectivity index (χ0) is 16.7. The van der Waals surface area contributed by atoms with Crippen LogP contribution in [0.2, 0.25) is 0 Å². The summed E-state index contributed by atoms with van der Waals surface area (Å²) in [5.41, 5.74) is 6.67. The SMILES string of the molecule is Cc1cc(C)cc(-c2cnc3[nH]c(-c4ccccc4)cn3c2=S)c1. The number of imidazole rings is 1. The van der Waals surface area contributed by atoms with Crippen LogP contribution in [-0.4, -0.2) is 14.4 Å². The maximum absolute atomic E-state index is 5.73. The van der Waals surface area contributed by atoms with Crippen LogP contribution in [0.1, 0.15) is 11.1 Å². The highest BCUT2D eigenvalue weighted by molar-refractivity contribution is 7.71. The number of aryl methyl sites for hydroxylation is 2. The highest BCUT2D eigenvalue weighted by atomic mass is 32.1. The number of aromatic nitrogens is 3. The van der Waals surface area contributed by atoms with E-state index in [-0.39, 0.29) is 0 Å². The monoisotopic (exact) mass is 331 g/mol. The minimum absolute atomic E-state index is 0.756. The summed E-state index contributed by atoms with van der Waals surface area (Å²) in [5, 5.41) is 0. The van der Waals surface area contributed by atoms with Gasteiger partial charge in [0.05, 0.1) is 5.69 Å². The first-order valence-corrected chi connectivity index (χ1v) is 8.27. The van der Waals surface area contributed by atoms with Gasteiger partial charge in [-0.15, -0.1) is 0 Å². The average Bonchev–Trinajstić information content (AvgIpc) is 3.00. The Balaban J connectivity index is 1.91. The molecule has 4 rings (SSSR count). The number of hydrogen-bond donors (Lipinski definition) is 1. The van der Waals surface area contributed by atoms with Gasteiger partial charge in [-0.1, -0.05) is 71.9 Å². The quantitative estimate of drug-likeness (QED) is 0.503. The van der Waals surface area contributed by atoms with Crippen molar-refractivity contribution in [1.82, 2.24) is 14.4 Å². The Bertz CT molecular complexity index is 1070. The van der Waals surface area contributed by atoms with Crippen LogP contribution in [0.15, 0.2) is 60.9 Å². The van der Waals surface area contributed by atoms with Crippen molar-refractivity contribution in [2.75, 3.05) is 0 Å². The first-order chi connectivity index (χ1) is 11.6. The van der Waals surface area contributed by atoms with Gasteiger partial charge in [0, 0.05) is 18.0 Å². The minimum atomic E-state index is 0.756. The standard InChI is InChI=1S/C20H17N3S/c1-13-8-14(2)10-16(9-13)17-11-21-20-22-18(12-23(20)19(17)24)15-6-4-3-5-7-15/h3-12H,1-2H3,(H,21,22). The number of aromatic amines is 1. The van der Waals surface area contributed by atoms with Crippen LogP contribution in [0, 0.1) is 18.5 Å². The van der Waals surface area contributed by atoms with Gasteiger partial charge in [-0.25, -0.2) is 4.98 Å². The van der Waals surface area contributed by atoms with E-state index in [1.807, 2.05) is 35.0 Å². The summed E-state index contributed by atoms with van der Waals surface area (Å²) in [6.45, 7) is 4.20. The first-order valence-electron chi connectivity index (χ1n) is 7.86. The molecule has 4 aromatic rings. The second kappa shape index (κ2) is 5.73. The summed E-state index contributed by atoms with van der Waals surface area (Å²) in [6.07, 6.45) is 3.88. The fraction of sp³-hybridized carbons (Fsp3) is 0.100. The maximum atomic E-state index is 5.73. The van der Waals surface area contributed by atoms with Crippen molar-refractivity contribution >= 4 is 18.0 Å². The van der Waals surface area contributed by atoms with Gasteiger partial charge in [-0.05, 0) is 25.0 Å². The van der Waals surface area contributed by atoms with Crippen molar-refractivity contribution in [3.8, 4) is 22.4 Å². The molecule has 0 saturated carbocycles. The van der Waals surface area contributed by atoms with Crippen molar-refractivity contribution in [1.29, 1.82) is 0 Å². The van der Waals surface area contributed by atoms with Crippen LogP contribution in [0.4, 0.5) is 0 Å². The van der Waals surface area contributed by atoms with E-state index in [4.69, 9.17) is 12.2 Å². The fourth-order valence-electron chi connectivity index (χ4n) is 3.06. The van der Waals surface area contributed by atoms with Gasteiger partial charge in [0.25, 0.3) is 0 Å². The molecule has 3 nitrogen and oxygen atoms in total. The number of fused-ring (bicyclic) bond motifs is 1. The molecule has 0 fully saturated rings. The van der Waals surface area contributed by atoms with E-state index in [1.165, 1.54) is 11.1 Å². The summed E-state index contributed by atoms with van der Waals surface area (Å²) in [4.78, 5) is 7.90. The number of benzene rings is 2. The molecule has 2 aromatic carbocycles. The zero-order valence-corrected chi connectivity index (χ0v) is 14.4. The lowest BCUT2D eigenvalue weighted by Crippen LogP contribution is -1.93. The van der Waals surface area contributed by atoms with Gasteiger partial charge in [0.15, 0.2) is 0 Å². The third kappa shape index (κ3) is 2.55. The first kappa shape index (κ1) is 14.8. The Labute approximate surface area is 145 Å². The Morgan fingerprint density at radius 2 is 1.67 bits per heavy atom. The molecule has 118 valence electrons. The summed E-state index contributed by atoms with van der Waals surface area (Å²) in [6, 6.07) is 16.7. The molecular formula is C20H17N3S. The normalized spacial score (nSPS) is 11.1. The number of nitrogens with one attached hydrogen (secondary N) is 1. The molecule has 4 heteroatoms. The average molecular weight is 331 g/mol. The highest BCUT2D eigenvalue weighted by Crippen LogP contribution is 2.25. The number of H-pyrrole nitrogens is 1. The van der Waals surface area contributed by atoms with E-state index in [2.05, 4.69) is 54.1 Å². The van der Waals surface area contributed by atoms with Crippen molar-refractivity contribution in [3.05, 3.63) is 76.7 Å². The van der Waals surface area contributed by atoms with E-state index < -0.39 is 0 Å². The Morgan fingerprint density at radius 1 is 0.958 bits per heavy atom. The molecule has 0 amide bonds. The van der Waals surface area contributed by atoms with E-state index >= 15 is 0 Å².